The van der Waals surface area contributed by atoms with E-state index in [1.807, 2.05) is 0 Å². The SMILES string of the molecule is NCCc1cc(F)ccc1Oc1ccccc1C(F)(F)F. The van der Waals surface area contributed by atoms with Crippen LogP contribution >= 0.6 is 0 Å². The highest BCUT2D eigenvalue weighted by atomic mass is 19.4. The van der Waals surface area contributed by atoms with Crippen LogP contribution in [0.5, 0.6) is 11.5 Å². The largest absolute Gasteiger partial charge is 0.456 e. The molecule has 0 aliphatic rings. The first-order chi connectivity index (χ1) is 9.91. The average Bonchev–Trinajstić information content (AvgIpc) is 2.41. The first kappa shape index (κ1) is 15.3. The van der Waals surface area contributed by atoms with Gasteiger partial charge in [0, 0.05) is 0 Å². The predicted octanol–water partition coefficient (Wildman–Crippen LogP) is 4.14. The van der Waals surface area contributed by atoms with E-state index in [-0.39, 0.29) is 18.0 Å². The van der Waals surface area contributed by atoms with Crippen LogP contribution in [0.4, 0.5) is 17.6 Å². The maximum Gasteiger partial charge on any atom is 0.419 e. The molecule has 0 saturated carbocycles. The van der Waals surface area contributed by atoms with E-state index in [1.165, 1.54) is 30.3 Å². The Kier molecular flexibility index (Phi) is 4.47. The van der Waals surface area contributed by atoms with E-state index in [0.717, 1.165) is 12.1 Å². The second kappa shape index (κ2) is 6.13. The van der Waals surface area contributed by atoms with Gasteiger partial charge >= 0.3 is 6.18 Å². The molecule has 2 N–H and O–H groups in total. The number of nitrogens with two attached hydrogens (primary N) is 1. The fraction of sp³-hybridized carbons (Fsp3) is 0.200. The summed E-state index contributed by atoms with van der Waals surface area (Å²) in [6.45, 7) is 0.237. The van der Waals surface area contributed by atoms with E-state index in [1.54, 1.807) is 0 Å². The third kappa shape index (κ3) is 3.72. The Labute approximate surface area is 119 Å². The number of hydrogen-bond donors (Lipinski definition) is 1. The number of alkyl halides is 3. The van der Waals surface area contributed by atoms with Crippen LogP contribution in [0.3, 0.4) is 0 Å². The molecule has 2 aromatic rings. The molecule has 0 heterocycles. The molecule has 0 atom stereocenters. The molecule has 21 heavy (non-hydrogen) atoms. The number of rotatable bonds is 4. The first-order valence-corrected chi connectivity index (χ1v) is 6.24. The van der Waals surface area contributed by atoms with E-state index in [4.69, 9.17) is 10.5 Å². The summed E-state index contributed by atoms with van der Waals surface area (Å²) in [6, 6.07) is 8.51. The standard InChI is InChI=1S/C15H13F4NO/c16-11-5-6-13(10(9-11)7-8-20)21-14-4-2-1-3-12(14)15(17,18)19/h1-6,9H,7-8,20H2. The Morgan fingerprint density at radius 3 is 2.38 bits per heavy atom. The van der Waals surface area contributed by atoms with Gasteiger partial charge in [0.2, 0.25) is 0 Å². The van der Waals surface area contributed by atoms with Crippen molar-refractivity contribution >= 4 is 0 Å². The van der Waals surface area contributed by atoms with Crippen molar-refractivity contribution in [2.24, 2.45) is 5.73 Å². The molecule has 0 aromatic heterocycles. The van der Waals surface area contributed by atoms with Crippen molar-refractivity contribution in [1.29, 1.82) is 0 Å². The molecule has 0 saturated heterocycles. The van der Waals surface area contributed by atoms with Crippen LogP contribution in [-0.4, -0.2) is 6.54 Å². The fourth-order valence-electron chi connectivity index (χ4n) is 1.91. The van der Waals surface area contributed by atoms with Gasteiger partial charge in [-0.25, -0.2) is 4.39 Å². The molecule has 0 radical (unpaired) electrons. The van der Waals surface area contributed by atoms with Gasteiger partial charge in [-0.15, -0.1) is 0 Å². The maximum absolute atomic E-state index is 13.2. The highest BCUT2D eigenvalue weighted by Gasteiger charge is 2.34. The van der Waals surface area contributed by atoms with Gasteiger partial charge in [0.15, 0.2) is 0 Å². The molecule has 112 valence electrons. The minimum atomic E-state index is -4.52. The Bertz CT molecular complexity index is 625. The van der Waals surface area contributed by atoms with Crippen molar-refractivity contribution in [1.82, 2.24) is 0 Å². The highest BCUT2D eigenvalue weighted by Crippen LogP contribution is 2.38. The molecule has 2 aromatic carbocycles. The van der Waals surface area contributed by atoms with Crippen LogP contribution in [0.2, 0.25) is 0 Å². The van der Waals surface area contributed by atoms with Crippen LogP contribution in [0.15, 0.2) is 42.5 Å². The number of hydrogen-bond acceptors (Lipinski definition) is 2. The lowest BCUT2D eigenvalue weighted by Gasteiger charge is -2.15. The van der Waals surface area contributed by atoms with E-state index < -0.39 is 17.6 Å². The molecule has 6 heteroatoms. The summed E-state index contributed by atoms with van der Waals surface area (Å²) in [5, 5.41) is 0. The Balaban J connectivity index is 2.39. The molecule has 0 amide bonds. The summed E-state index contributed by atoms with van der Waals surface area (Å²) >= 11 is 0. The molecule has 2 rings (SSSR count). The average molecular weight is 299 g/mol. The third-order valence-electron chi connectivity index (χ3n) is 2.85. The topological polar surface area (TPSA) is 35.2 Å². The van der Waals surface area contributed by atoms with Crippen LogP contribution in [-0.2, 0) is 12.6 Å². The van der Waals surface area contributed by atoms with Gasteiger partial charge in [0.25, 0.3) is 0 Å². The summed E-state index contributed by atoms with van der Waals surface area (Å²) in [7, 11) is 0. The monoisotopic (exact) mass is 299 g/mol. The number of halogens is 4. The van der Waals surface area contributed by atoms with Gasteiger partial charge in [-0.2, -0.15) is 13.2 Å². The smallest absolute Gasteiger partial charge is 0.419 e. The predicted molar refractivity (Wildman–Crippen MR) is 70.7 cm³/mol. The zero-order valence-corrected chi connectivity index (χ0v) is 11.0. The zero-order valence-electron chi connectivity index (χ0n) is 11.0. The lowest BCUT2D eigenvalue weighted by Crippen LogP contribution is -2.08. The van der Waals surface area contributed by atoms with Crippen molar-refractivity contribution in [2.75, 3.05) is 6.54 Å². The van der Waals surface area contributed by atoms with Crippen molar-refractivity contribution in [2.45, 2.75) is 12.6 Å². The van der Waals surface area contributed by atoms with Gasteiger partial charge in [-0.3, -0.25) is 0 Å². The molecule has 0 fully saturated rings. The van der Waals surface area contributed by atoms with Crippen LogP contribution in [0.25, 0.3) is 0 Å². The van der Waals surface area contributed by atoms with Crippen LogP contribution in [0, 0.1) is 5.82 Å². The molecule has 0 aliphatic carbocycles. The van der Waals surface area contributed by atoms with Crippen molar-refractivity contribution in [3.63, 3.8) is 0 Å². The van der Waals surface area contributed by atoms with E-state index in [2.05, 4.69) is 0 Å². The van der Waals surface area contributed by atoms with Gasteiger partial charge in [0.05, 0.1) is 5.56 Å². The van der Waals surface area contributed by atoms with Crippen molar-refractivity contribution in [3.05, 3.63) is 59.4 Å². The Hall–Kier alpha value is -2.08. The van der Waals surface area contributed by atoms with Crippen molar-refractivity contribution in [3.8, 4) is 11.5 Å². The zero-order chi connectivity index (χ0) is 15.5. The third-order valence-corrected chi connectivity index (χ3v) is 2.85. The minimum Gasteiger partial charge on any atom is -0.456 e. The lowest BCUT2D eigenvalue weighted by atomic mass is 10.1. The lowest BCUT2D eigenvalue weighted by molar-refractivity contribution is -0.138. The maximum atomic E-state index is 13.2. The van der Waals surface area contributed by atoms with Gasteiger partial charge in [-0.1, -0.05) is 12.1 Å². The summed E-state index contributed by atoms with van der Waals surface area (Å²) in [6.07, 6.45) is -4.22. The molecule has 2 nitrogen and oxygen atoms in total. The minimum absolute atomic E-state index is 0.165. The summed E-state index contributed by atoms with van der Waals surface area (Å²) < 4.78 is 57.2. The molecular formula is C15H13F4NO. The summed E-state index contributed by atoms with van der Waals surface area (Å²) in [4.78, 5) is 0. The van der Waals surface area contributed by atoms with Crippen molar-refractivity contribution < 1.29 is 22.3 Å². The van der Waals surface area contributed by atoms with E-state index >= 15 is 0 Å². The van der Waals surface area contributed by atoms with Crippen LogP contribution in [0.1, 0.15) is 11.1 Å². The van der Waals surface area contributed by atoms with E-state index in [9.17, 15) is 17.6 Å². The summed E-state index contributed by atoms with van der Waals surface area (Å²) in [5.74, 6) is -0.650. The normalized spacial score (nSPS) is 11.5. The van der Waals surface area contributed by atoms with Crippen LogP contribution < -0.4 is 10.5 Å². The highest BCUT2D eigenvalue weighted by molar-refractivity contribution is 5.42. The molecule has 0 bridgehead atoms. The Morgan fingerprint density at radius 1 is 1.00 bits per heavy atom. The molecular weight excluding hydrogens is 286 g/mol. The van der Waals surface area contributed by atoms with Gasteiger partial charge in [-0.05, 0) is 48.9 Å². The first-order valence-electron chi connectivity index (χ1n) is 6.24. The quantitative estimate of drug-likeness (QED) is 0.861. The van der Waals surface area contributed by atoms with Gasteiger partial charge < -0.3 is 10.5 Å². The fourth-order valence-corrected chi connectivity index (χ4v) is 1.91. The second-order valence-corrected chi connectivity index (χ2v) is 4.39. The molecule has 0 aliphatic heterocycles. The molecule has 0 unspecified atom stereocenters. The summed E-state index contributed by atoms with van der Waals surface area (Å²) in [5.41, 5.74) is 4.96. The number of para-hydroxylation sites is 1. The van der Waals surface area contributed by atoms with Gasteiger partial charge in [0.1, 0.15) is 17.3 Å². The Morgan fingerprint density at radius 2 is 1.71 bits per heavy atom. The number of ether oxygens (including phenoxy) is 1. The number of benzene rings is 2. The second-order valence-electron chi connectivity index (χ2n) is 4.39. The molecule has 0 spiro atoms. The van der Waals surface area contributed by atoms with E-state index in [0.29, 0.717) is 12.0 Å².